The van der Waals surface area contributed by atoms with Crippen LogP contribution in [0.4, 0.5) is 0 Å². The number of aromatic nitrogens is 2. The van der Waals surface area contributed by atoms with Gasteiger partial charge in [0.2, 0.25) is 0 Å². The number of hydrogen-bond donors (Lipinski definition) is 1. The Morgan fingerprint density at radius 3 is 2.83 bits per heavy atom. The van der Waals surface area contributed by atoms with Crippen molar-refractivity contribution in [3.05, 3.63) is 40.0 Å². The summed E-state index contributed by atoms with van der Waals surface area (Å²) in [7, 11) is -1.19. The molecule has 2 heterocycles. The molecule has 0 saturated carbocycles. The largest absolute Gasteiger partial charge is 0.308 e. The fraction of sp³-hybridized carbons (Fsp3) is 0.438. The number of halogens is 1. The van der Waals surface area contributed by atoms with E-state index in [2.05, 4.69) is 17.3 Å². The minimum Gasteiger partial charge on any atom is -0.308 e. The third kappa shape index (κ3) is 3.44. The highest BCUT2D eigenvalue weighted by Gasteiger charge is 2.25. The standard InChI is InChI=1S/C16H20ClN3O2S/c1-10-15-14(4-5-18-10)16(20(2)19-15)12-6-11(7-13(17)8-12)9-23(3,21)22/h6-8,10,18H,4-5,9H2,1-3H3. The average Bonchev–Trinajstić information content (AvgIpc) is 2.73. The van der Waals surface area contributed by atoms with Gasteiger partial charge in [0.05, 0.1) is 17.1 Å². The molecule has 3 rings (SSSR count). The van der Waals surface area contributed by atoms with E-state index in [1.54, 1.807) is 6.07 Å². The van der Waals surface area contributed by atoms with Crippen molar-refractivity contribution >= 4 is 21.4 Å². The van der Waals surface area contributed by atoms with Crippen LogP contribution in [0.25, 0.3) is 11.3 Å². The maximum atomic E-state index is 11.6. The van der Waals surface area contributed by atoms with Crippen LogP contribution in [0.15, 0.2) is 18.2 Å². The topological polar surface area (TPSA) is 64.0 Å². The summed E-state index contributed by atoms with van der Waals surface area (Å²) in [5, 5.41) is 8.58. The van der Waals surface area contributed by atoms with Gasteiger partial charge in [-0.2, -0.15) is 5.10 Å². The maximum Gasteiger partial charge on any atom is 0.151 e. The smallest absolute Gasteiger partial charge is 0.151 e. The number of nitrogens with one attached hydrogen (secondary N) is 1. The summed E-state index contributed by atoms with van der Waals surface area (Å²) < 4.78 is 25.0. The molecule has 0 amide bonds. The Balaban J connectivity index is 2.12. The molecule has 0 aliphatic carbocycles. The molecule has 2 aromatic rings. The predicted octanol–water partition coefficient (Wildman–Crippen LogP) is 2.49. The number of benzene rings is 1. The van der Waals surface area contributed by atoms with Gasteiger partial charge in [-0.1, -0.05) is 11.6 Å². The Morgan fingerprint density at radius 1 is 1.39 bits per heavy atom. The SMILES string of the molecule is CC1NCCc2c1nn(C)c2-c1cc(Cl)cc(CS(C)(=O)=O)c1. The first kappa shape index (κ1) is 16.5. The zero-order valence-corrected chi connectivity index (χ0v) is 15.0. The lowest BCUT2D eigenvalue weighted by atomic mass is 9.96. The molecule has 5 nitrogen and oxygen atoms in total. The molecule has 0 saturated heterocycles. The van der Waals surface area contributed by atoms with Gasteiger partial charge in [0.1, 0.15) is 0 Å². The van der Waals surface area contributed by atoms with E-state index in [0.717, 1.165) is 29.9 Å². The molecule has 1 N–H and O–H groups in total. The third-order valence-electron chi connectivity index (χ3n) is 4.07. The van der Waals surface area contributed by atoms with Crippen LogP contribution in [-0.4, -0.2) is 31.0 Å². The van der Waals surface area contributed by atoms with Crippen LogP contribution in [-0.2, 0) is 29.1 Å². The second-order valence-corrected chi connectivity index (χ2v) is 8.76. The van der Waals surface area contributed by atoms with Crippen molar-refractivity contribution in [1.29, 1.82) is 0 Å². The molecule has 0 bridgehead atoms. The van der Waals surface area contributed by atoms with Gasteiger partial charge in [-0.05, 0) is 43.7 Å². The molecule has 0 fully saturated rings. The highest BCUT2D eigenvalue weighted by Crippen LogP contribution is 2.33. The molecule has 1 aromatic carbocycles. The summed E-state index contributed by atoms with van der Waals surface area (Å²) in [5.41, 5.74) is 4.91. The maximum absolute atomic E-state index is 11.6. The Labute approximate surface area is 141 Å². The van der Waals surface area contributed by atoms with Gasteiger partial charge in [0.25, 0.3) is 0 Å². The lowest BCUT2D eigenvalue weighted by Crippen LogP contribution is -2.27. The van der Waals surface area contributed by atoms with Crippen molar-refractivity contribution in [1.82, 2.24) is 15.1 Å². The van der Waals surface area contributed by atoms with E-state index in [9.17, 15) is 8.42 Å². The number of sulfone groups is 1. The van der Waals surface area contributed by atoms with Crippen LogP contribution in [0.3, 0.4) is 0 Å². The molecule has 0 radical (unpaired) electrons. The highest BCUT2D eigenvalue weighted by molar-refractivity contribution is 7.89. The van der Waals surface area contributed by atoms with E-state index in [1.165, 1.54) is 11.8 Å². The molecular weight excluding hydrogens is 334 g/mol. The lowest BCUT2D eigenvalue weighted by molar-refractivity contribution is 0.525. The molecule has 124 valence electrons. The van der Waals surface area contributed by atoms with Crippen molar-refractivity contribution in [2.24, 2.45) is 7.05 Å². The normalized spacial score (nSPS) is 18.0. The van der Waals surface area contributed by atoms with Gasteiger partial charge in [-0.25, -0.2) is 8.42 Å². The fourth-order valence-electron chi connectivity index (χ4n) is 3.23. The molecule has 1 aliphatic heterocycles. The summed E-state index contributed by atoms with van der Waals surface area (Å²) in [4.78, 5) is 0. The van der Waals surface area contributed by atoms with Crippen molar-refractivity contribution < 1.29 is 8.42 Å². The summed E-state index contributed by atoms with van der Waals surface area (Å²) in [5.74, 6) is -0.0153. The zero-order chi connectivity index (χ0) is 16.8. The monoisotopic (exact) mass is 353 g/mol. The number of hydrogen-bond acceptors (Lipinski definition) is 4. The van der Waals surface area contributed by atoms with Gasteiger partial charge in [0.15, 0.2) is 9.84 Å². The van der Waals surface area contributed by atoms with Crippen molar-refractivity contribution in [3.8, 4) is 11.3 Å². The Hall–Kier alpha value is -1.37. The number of fused-ring (bicyclic) bond motifs is 1. The van der Waals surface area contributed by atoms with Gasteiger partial charge in [-0.15, -0.1) is 0 Å². The second kappa shape index (κ2) is 5.92. The highest BCUT2D eigenvalue weighted by atomic mass is 35.5. The van der Waals surface area contributed by atoms with Gasteiger partial charge < -0.3 is 5.32 Å². The molecule has 1 unspecified atom stereocenters. The number of aryl methyl sites for hydroxylation is 1. The van der Waals surface area contributed by atoms with E-state index < -0.39 is 9.84 Å². The van der Waals surface area contributed by atoms with Gasteiger partial charge >= 0.3 is 0 Å². The van der Waals surface area contributed by atoms with Crippen molar-refractivity contribution in [2.45, 2.75) is 25.1 Å². The van der Waals surface area contributed by atoms with Gasteiger partial charge in [0, 0.05) is 35.5 Å². The predicted molar refractivity (Wildman–Crippen MR) is 92.3 cm³/mol. The molecule has 0 spiro atoms. The van der Waals surface area contributed by atoms with Crippen LogP contribution >= 0.6 is 11.6 Å². The minimum absolute atomic E-state index is 0.0153. The van der Waals surface area contributed by atoms with E-state index in [4.69, 9.17) is 11.6 Å². The van der Waals surface area contributed by atoms with E-state index >= 15 is 0 Å². The third-order valence-corrected chi connectivity index (χ3v) is 5.15. The summed E-state index contributed by atoms with van der Waals surface area (Å²) >= 11 is 6.22. The zero-order valence-electron chi connectivity index (χ0n) is 13.4. The quantitative estimate of drug-likeness (QED) is 0.920. The molecule has 7 heteroatoms. The number of nitrogens with zero attached hydrogens (tertiary/aromatic N) is 2. The minimum atomic E-state index is -3.11. The van der Waals surface area contributed by atoms with E-state index in [-0.39, 0.29) is 11.8 Å². The van der Waals surface area contributed by atoms with Crippen LogP contribution in [0.5, 0.6) is 0 Å². The van der Waals surface area contributed by atoms with Crippen molar-refractivity contribution in [2.75, 3.05) is 12.8 Å². The average molecular weight is 354 g/mol. The molecule has 1 atom stereocenters. The molecule has 23 heavy (non-hydrogen) atoms. The van der Waals surface area contributed by atoms with Crippen molar-refractivity contribution in [3.63, 3.8) is 0 Å². The van der Waals surface area contributed by atoms with E-state index in [1.807, 2.05) is 23.9 Å². The first-order valence-corrected chi connectivity index (χ1v) is 9.95. The Bertz CT molecular complexity index is 858. The lowest BCUT2D eigenvalue weighted by Gasteiger charge is -2.19. The van der Waals surface area contributed by atoms with Crippen LogP contribution in [0, 0.1) is 0 Å². The van der Waals surface area contributed by atoms with E-state index in [0.29, 0.717) is 10.6 Å². The van der Waals surface area contributed by atoms with Gasteiger partial charge in [-0.3, -0.25) is 4.68 Å². The first-order chi connectivity index (χ1) is 10.7. The molecule has 1 aliphatic rings. The summed E-state index contributed by atoms with van der Waals surface area (Å²) in [6, 6.07) is 5.70. The van der Waals surface area contributed by atoms with Crippen LogP contribution in [0.2, 0.25) is 5.02 Å². The fourth-order valence-corrected chi connectivity index (χ4v) is 4.26. The van der Waals surface area contributed by atoms with Crippen LogP contribution in [0.1, 0.15) is 29.8 Å². The summed E-state index contributed by atoms with van der Waals surface area (Å²) in [6.45, 7) is 3.01. The Kier molecular flexibility index (Phi) is 4.25. The molecular formula is C16H20ClN3O2S. The number of rotatable bonds is 3. The second-order valence-electron chi connectivity index (χ2n) is 6.18. The van der Waals surface area contributed by atoms with Crippen LogP contribution < -0.4 is 5.32 Å². The molecule has 1 aromatic heterocycles. The first-order valence-electron chi connectivity index (χ1n) is 7.51. The summed E-state index contributed by atoms with van der Waals surface area (Å²) in [6.07, 6.45) is 2.13. The Morgan fingerprint density at radius 2 is 2.13 bits per heavy atom.